The van der Waals surface area contributed by atoms with Crippen molar-refractivity contribution in [3.05, 3.63) is 28.2 Å². The summed E-state index contributed by atoms with van der Waals surface area (Å²) in [7, 11) is 1.62. The largest absolute Gasteiger partial charge is 0.496 e. The highest BCUT2D eigenvalue weighted by molar-refractivity contribution is 6.33. The first-order chi connectivity index (χ1) is 11.8. The molecule has 3 rings (SSSR count). The molecule has 0 aliphatic carbocycles. The van der Waals surface area contributed by atoms with E-state index in [0.717, 1.165) is 22.6 Å². The second-order valence-corrected chi connectivity index (χ2v) is 6.27. The summed E-state index contributed by atoms with van der Waals surface area (Å²) in [6.45, 7) is 6.01. The third-order valence-electron chi connectivity index (χ3n) is 4.30. The van der Waals surface area contributed by atoms with Crippen molar-refractivity contribution in [2.45, 2.75) is 33.4 Å². The molecule has 0 saturated heterocycles. The Bertz CT molecular complexity index is 857. The van der Waals surface area contributed by atoms with Crippen molar-refractivity contribution >= 4 is 35.0 Å². The molecule has 0 fully saturated rings. The van der Waals surface area contributed by atoms with Crippen LogP contribution < -0.4 is 20.7 Å². The number of ether oxygens (including phenoxy) is 1. The van der Waals surface area contributed by atoms with Gasteiger partial charge in [0.15, 0.2) is 11.0 Å². The Labute approximate surface area is 150 Å². The number of rotatable bonds is 3. The summed E-state index contributed by atoms with van der Waals surface area (Å²) in [5, 5.41) is 2.84. The molecule has 8 nitrogen and oxygen atoms in total. The number of methoxy groups -OCH3 is 1. The maximum Gasteiger partial charge on any atom is 0.247 e. The lowest BCUT2D eigenvalue weighted by atomic mass is 10.1. The highest BCUT2D eigenvalue weighted by Crippen LogP contribution is 2.37. The minimum Gasteiger partial charge on any atom is -0.496 e. The second-order valence-electron chi connectivity index (χ2n) is 5.91. The normalized spacial score (nSPS) is 16.4. The van der Waals surface area contributed by atoms with Crippen molar-refractivity contribution in [2.24, 2.45) is 0 Å². The number of halogens is 1. The standard InChI is InChI=1S/C16H19ClN6O2/c1-7-5-19-10(8(2)12(7)25-4)6-23-9(3)15(24)20-11-13(17)21-16(18)22-14(11)23/h5,9H,6H2,1-4H3,(H,20,24)(H2,18,21,22)/t9-/m0/s1. The summed E-state index contributed by atoms with van der Waals surface area (Å²) in [5.41, 5.74) is 8.73. The molecule has 0 spiro atoms. The summed E-state index contributed by atoms with van der Waals surface area (Å²) < 4.78 is 5.46. The highest BCUT2D eigenvalue weighted by Gasteiger charge is 2.33. The smallest absolute Gasteiger partial charge is 0.247 e. The topological polar surface area (TPSA) is 106 Å². The maximum atomic E-state index is 12.3. The average Bonchev–Trinajstić information content (AvgIpc) is 2.55. The van der Waals surface area contributed by atoms with Crippen molar-refractivity contribution in [3.63, 3.8) is 0 Å². The molecule has 1 aliphatic rings. The van der Waals surface area contributed by atoms with Gasteiger partial charge in [0.2, 0.25) is 11.9 Å². The molecule has 1 amide bonds. The van der Waals surface area contributed by atoms with Crippen LogP contribution in [0.15, 0.2) is 6.20 Å². The van der Waals surface area contributed by atoms with E-state index in [1.165, 1.54) is 0 Å². The number of nitrogens with zero attached hydrogens (tertiary/aromatic N) is 4. The number of carbonyl (C=O) groups excluding carboxylic acids is 1. The number of carbonyl (C=O) groups is 1. The zero-order chi connectivity index (χ0) is 18.3. The molecule has 25 heavy (non-hydrogen) atoms. The van der Waals surface area contributed by atoms with E-state index in [4.69, 9.17) is 22.1 Å². The zero-order valence-corrected chi connectivity index (χ0v) is 15.2. The molecule has 9 heteroatoms. The fraction of sp³-hybridized carbons (Fsp3) is 0.375. The summed E-state index contributed by atoms with van der Waals surface area (Å²) in [6, 6.07) is -0.466. The SMILES string of the molecule is COc1c(C)cnc(CN2c3nc(N)nc(Cl)c3NC(=O)[C@@H]2C)c1C. The van der Waals surface area contributed by atoms with Crippen LogP contribution in [-0.2, 0) is 11.3 Å². The van der Waals surface area contributed by atoms with Crippen molar-refractivity contribution in [1.82, 2.24) is 15.0 Å². The lowest BCUT2D eigenvalue weighted by Crippen LogP contribution is -2.46. The van der Waals surface area contributed by atoms with Crippen LogP contribution in [0.5, 0.6) is 5.75 Å². The number of aromatic nitrogens is 3. The Kier molecular flexibility index (Phi) is 4.38. The average molecular weight is 363 g/mol. The van der Waals surface area contributed by atoms with Crippen LogP contribution in [0, 0.1) is 13.8 Å². The van der Waals surface area contributed by atoms with Crippen LogP contribution in [0.25, 0.3) is 0 Å². The molecule has 0 bridgehead atoms. The molecule has 1 aliphatic heterocycles. The second kappa shape index (κ2) is 6.36. The van der Waals surface area contributed by atoms with Gasteiger partial charge in [0, 0.05) is 17.3 Å². The number of hydrogen-bond donors (Lipinski definition) is 2. The summed E-state index contributed by atoms with van der Waals surface area (Å²) >= 11 is 6.12. The first-order valence-corrected chi connectivity index (χ1v) is 8.10. The third kappa shape index (κ3) is 2.93. The molecule has 132 valence electrons. The van der Waals surface area contributed by atoms with E-state index in [-0.39, 0.29) is 17.0 Å². The van der Waals surface area contributed by atoms with Gasteiger partial charge in [-0.25, -0.2) is 0 Å². The number of fused-ring (bicyclic) bond motifs is 1. The number of nitrogens with one attached hydrogen (secondary N) is 1. The van der Waals surface area contributed by atoms with Gasteiger partial charge >= 0.3 is 0 Å². The first-order valence-electron chi connectivity index (χ1n) is 7.73. The van der Waals surface area contributed by atoms with Crippen LogP contribution in [0.3, 0.4) is 0 Å². The van der Waals surface area contributed by atoms with Crippen molar-refractivity contribution in [1.29, 1.82) is 0 Å². The number of anilines is 3. The summed E-state index contributed by atoms with van der Waals surface area (Å²) in [6.07, 6.45) is 1.75. The lowest BCUT2D eigenvalue weighted by molar-refractivity contribution is -0.117. The molecule has 3 heterocycles. The Balaban J connectivity index is 2.08. The predicted molar refractivity (Wildman–Crippen MR) is 96.0 cm³/mol. The number of aryl methyl sites for hydroxylation is 1. The number of pyridine rings is 1. The van der Waals surface area contributed by atoms with Crippen molar-refractivity contribution in [2.75, 3.05) is 23.1 Å². The van der Waals surface area contributed by atoms with Crippen LogP contribution >= 0.6 is 11.6 Å². The fourth-order valence-electron chi connectivity index (χ4n) is 2.91. The minimum atomic E-state index is -0.466. The van der Waals surface area contributed by atoms with Gasteiger partial charge in [-0.2, -0.15) is 9.97 Å². The first kappa shape index (κ1) is 17.2. The Morgan fingerprint density at radius 3 is 2.80 bits per heavy atom. The quantitative estimate of drug-likeness (QED) is 0.805. The zero-order valence-electron chi connectivity index (χ0n) is 14.4. The highest BCUT2D eigenvalue weighted by atomic mass is 35.5. The van der Waals surface area contributed by atoms with E-state index in [2.05, 4.69) is 20.3 Å². The molecule has 0 saturated carbocycles. The van der Waals surface area contributed by atoms with E-state index in [1.54, 1.807) is 20.2 Å². The Morgan fingerprint density at radius 2 is 2.12 bits per heavy atom. The van der Waals surface area contributed by atoms with Crippen LogP contribution in [0.4, 0.5) is 17.5 Å². The van der Waals surface area contributed by atoms with Gasteiger partial charge in [-0.15, -0.1) is 0 Å². The van der Waals surface area contributed by atoms with Crippen molar-refractivity contribution in [3.8, 4) is 5.75 Å². The third-order valence-corrected chi connectivity index (χ3v) is 4.57. The fourth-order valence-corrected chi connectivity index (χ4v) is 3.13. The summed E-state index contributed by atoms with van der Waals surface area (Å²) in [4.78, 5) is 26.8. The molecule has 2 aromatic heterocycles. The maximum absolute atomic E-state index is 12.3. The molecule has 2 aromatic rings. The van der Waals surface area contributed by atoms with Gasteiger partial charge in [-0.1, -0.05) is 11.6 Å². The minimum absolute atomic E-state index is 0.0447. The molecule has 0 radical (unpaired) electrons. The molecule has 0 aromatic carbocycles. The van der Waals surface area contributed by atoms with E-state index in [1.807, 2.05) is 18.7 Å². The van der Waals surface area contributed by atoms with E-state index < -0.39 is 6.04 Å². The van der Waals surface area contributed by atoms with E-state index in [9.17, 15) is 4.79 Å². The van der Waals surface area contributed by atoms with Crippen molar-refractivity contribution < 1.29 is 9.53 Å². The van der Waals surface area contributed by atoms with E-state index in [0.29, 0.717) is 18.1 Å². The molecule has 1 atom stereocenters. The number of amides is 1. The molecule has 3 N–H and O–H groups in total. The molecular formula is C16H19ClN6O2. The van der Waals surface area contributed by atoms with E-state index >= 15 is 0 Å². The van der Waals surface area contributed by atoms with Gasteiger partial charge in [0.1, 0.15) is 17.5 Å². The van der Waals surface area contributed by atoms with Crippen LogP contribution in [-0.4, -0.2) is 34.0 Å². The van der Waals surface area contributed by atoms with Crippen LogP contribution in [0.2, 0.25) is 5.15 Å². The number of nitrogens with two attached hydrogens (primary N) is 1. The van der Waals surface area contributed by atoms with Gasteiger partial charge in [0.05, 0.1) is 19.3 Å². The lowest BCUT2D eigenvalue weighted by Gasteiger charge is -2.35. The molecular weight excluding hydrogens is 344 g/mol. The molecule has 0 unspecified atom stereocenters. The van der Waals surface area contributed by atoms with Gasteiger partial charge in [-0.05, 0) is 20.8 Å². The predicted octanol–water partition coefficient (Wildman–Crippen LogP) is 2.08. The van der Waals surface area contributed by atoms with Gasteiger partial charge in [0.25, 0.3) is 0 Å². The van der Waals surface area contributed by atoms with Gasteiger partial charge in [-0.3, -0.25) is 9.78 Å². The Hall–Kier alpha value is -2.61. The Morgan fingerprint density at radius 1 is 1.40 bits per heavy atom. The van der Waals surface area contributed by atoms with Crippen LogP contribution in [0.1, 0.15) is 23.7 Å². The number of nitrogen functional groups attached to an aromatic ring is 1. The number of hydrogen-bond acceptors (Lipinski definition) is 7. The monoisotopic (exact) mass is 362 g/mol. The summed E-state index contributed by atoms with van der Waals surface area (Å²) in [5.74, 6) is 1.10. The van der Waals surface area contributed by atoms with Gasteiger partial charge < -0.3 is 20.7 Å².